The molecule has 4 rings (SSSR count). The van der Waals surface area contributed by atoms with Crippen LogP contribution in [0, 0.1) is 0 Å². The van der Waals surface area contributed by atoms with Gasteiger partial charge < -0.3 is 10.1 Å². The molecule has 0 bridgehead atoms. The Morgan fingerprint density at radius 1 is 0.893 bits per heavy atom. The molecule has 0 saturated heterocycles. The highest BCUT2D eigenvalue weighted by Gasteiger charge is 2.07. The van der Waals surface area contributed by atoms with Crippen LogP contribution in [-0.2, 0) is 11.2 Å². The molecule has 0 radical (unpaired) electrons. The van der Waals surface area contributed by atoms with Crippen molar-refractivity contribution in [3.63, 3.8) is 0 Å². The zero-order valence-electron chi connectivity index (χ0n) is 15.4. The van der Waals surface area contributed by atoms with Crippen LogP contribution in [-0.4, -0.2) is 23.2 Å². The number of aromatic nitrogens is 2. The second-order valence-electron chi connectivity index (χ2n) is 6.44. The number of nitrogens with zero attached hydrogens (tertiary/aromatic N) is 2. The number of carbonyl (C=O) groups excluding carboxylic acids is 1. The van der Waals surface area contributed by atoms with Gasteiger partial charge in [-0.2, -0.15) is 0 Å². The number of hydrogen-bond acceptors (Lipinski definition) is 4. The van der Waals surface area contributed by atoms with Gasteiger partial charge in [-0.1, -0.05) is 42.5 Å². The molecule has 5 heteroatoms. The van der Waals surface area contributed by atoms with Crippen LogP contribution in [0.15, 0.2) is 78.9 Å². The molecule has 1 heterocycles. The minimum Gasteiger partial charge on any atom is -0.497 e. The van der Waals surface area contributed by atoms with E-state index in [0.29, 0.717) is 5.82 Å². The van der Waals surface area contributed by atoms with Gasteiger partial charge in [-0.3, -0.25) is 4.79 Å². The average Bonchev–Trinajstić information content (AvgIpc) is 2.74. The van der Waals surface area contributed by atoms with Crippen LogP contribution in [0.25, 0.3) is 22.0 Å². The minimum atomic E-state index is -0.123. The van der Waals surface area contributed by atoms with E-state index in [1.165, 1.54) is 0 Å². The summed E-state index contributed by atoms with van der Waals surface area (Å²) in [5, 5.41) is 13.4. The third kappa shape index (κ3) is 3.99. The molecule has 0 aliphatic rings. The van der Waals surface area contributed by atoms with E-state index in [9.17, 15) is 4.79 Å². The van der Waals surface area contributed by atoms with Crippen molar-refractivity contribution in [2.75, 3.05) is 12.4 Å². The number of rotatable bonds is 5. The lowest BCUT2D eigenvalue weighted by atomic mass is 10.0. The quantitative estimate of drug-likeness (QED) is 0.563. The fraction of sp³-hybridized carbons (Fsp3) is 0.0870. The summed E-state index contributed by atoms with van der Waals surface area (Å²) in [7, 11) is 1.63. The second kappa shape index (κ2) is 7.88. The maximum atomic E-state index is 12.4. The highest BCUT2D eigenvalue weighted by atomic mass is 16.5. The topological polar surface area (TPSA) is 64.1 Å². The fourth-order valence-electron chi connectivity index (χ4n) is 3.04. The number of benzene rings is 3. The van der Waals surface area contributed by atoms with Gasteiger partial charge in [-0.15, -0.1) is 10.2 Å². The molecule has 1 aromatic heterocycles. The minimum absolute atomic E-state index is 0.123. The molecule has 0 spiro atoms. The standard InChI is InChI=1S/C23H19N3O2/c1-28-20-10-8-18(9-11-20)21-12-13-22(26-25-21)24-23(27)15-16-6-7-17-4-2-3-5-19(17)14-16/h2-14H,15H2,1H3,(H,24,26,27). The molecule has 0 aliphatic carbocycles. The number of hydrogen-bond donors (Lipinski definition) is 1. The normalized spacial score (nSPS) is 10.6. The molecule has 0 unspecified atom stereocenters. The molecule has 5 nitrogen and oxygen atoms in total. The van der Waals surface area contributed by atoms with E-state index in [-0.39, 0.29) is 12.3 Å². The van der Waals surface area contributed by atoms with E-state index in [4.69, 9.17) is 4.74 Å². The Labute approximate surface area is 163 Å². The van der Waals surface area contributed by atoms with Gasteiger partial charge in [-0.25, -0.2) is 0 Å². The van der Waals surface area contributed by atoms with Crippen LogP contribution in [0.2, 0.25) is 0 Å². The third-order valence-electron chi connectivity index (χ3n) is 4.50. The molecule has 28 heavy (non-hydrogen) atoms. The van der Waals surface area contributed by atoms with Crippen molar-refractivity contribution < 1.29 is 9.53 Å². The summed E-state index contributed by atoms with van der Waals surface area (Å²) in [5.74, 6) is 1.10. The predicted octanol–water partition coefficient (Wildman–Crippen LogP) is 4.49. The van der Waals surface area contributed by atoms with Crippen molar-refractivity contribution >= 4 is 22.5 Å². The van der Waals surface area contributed by atoms with Crippen LogP contribution >= 0.6 is 0 Å². The summed E-state index contributed by atoms with van der Waals surface area (Å²) in [6.45, 7) is 0. The van der Waals surface area contributed by atoms with Crippen molar-refractivity contribution in [3.8, 4) is 17.0 Å². The largest absolute Gasteiger partial charge is 0.497 e. The Balaban J connectivity index is 1.42. The highest BCUT2D eigenvalue weighted by molar-refractivity contribution is 5.92. The maximum Gasteiger partial charge on any atom is 0.229 e. The smallest absolute Gasteiger partial charge is 0.229 e. The highest BCUT2D eigenvalue weighted by Crippen LogP contribution is 2.21. The maximum absolute atomic E-state index is 12.4. The number of methoxy groups -OCH3 is 1. The number of carbonyl (C=O) groups is 1. The van der Waals surface area contributed by atoms with E-state index >= 15 is 0 Å². The number of fused-ring (bicyclic) bond motifs is 1. The molecule has 1 N–H and O–H groups in total. The molecular weight excluding hydrogens is 350 g/mol. The van der Waals surface area contributed by atoms with Crippen LogP contribution in [0.5, 0.6) is 5.75 Å². The van der Waals surface area contributed by atoms with Crippen molar-refractivity contribution in [3.05, 3.63) is 84.4 Å². The molecule has 4 aromatic rings. The molecule has 1 amide bonds. The lowest BCUT2D eigenvalue weighted by Crippen LogP contribution is -2.15. The van der Waals surface area contributed by atoms with Crippen LogP contribution in [0.1, 0.15) is 5.56 Å². The molecule has 0 aliphatic heterocycles. The van der Waals surface area contributed by atoms with Crippen LogP contribution in [0.3, 0.4) is 0 Å². The summed E-state index contributed by atoms with van der Waals surface area (Å²) in [4.78, 5) is 12.4. The van der Waals surface area contributed by atoms with Gasteiger partial charge in [0.2, 0.25) is 5.91 Å². The molecule has 0 saturated carbocycles. The Morgan fingerprint density at radius 3 is 2.39 bits per heavy atom. The summed E-state index contributed by atoms with van der Waals surface area (Å²) < 4.78 is 5.16. The first-order valence-electron chi connectivity index (χ1n) is 8.97. The van der Waals surface area contributed by atoms with Gasteiger partial charge >= 0.3 is 0 Å². The van der Waals surface area contributed by atoms with Crippen molar-refractivity contribution in [2.24, 2.45) is 0 Å². The van der Waals surface area contributed by atoms with Crippen LogP contribution < -0.4 is 10.1 Å². The lowest BCUT2D eigenvalue weighted by Gasteiger charge is -2.07. The van der Waals surface area contributed by atoms with Crippen molar-refractivity contribution in [1.82, 2.24) is 10.2 Å². The Hall–Kier alpha value is -3.73. The zero-order valence-corrected chi connectivity index (χ0v) is 15.4. The lowest BCUT2D eigenvalue weighted by molar-refractivity contribution is -0.115. The number of ether oxygens (including phenoxy) is 1. The number of amides is 1. The monoisotopic (exact) mass is 369 g/mol. The first-order valence-corrected chi connectivity index (χ1v) is 8.97. The van der Waals surface area contributed by atoms with Gasteiger partial charge in [0.25, 0.3) is 0 Å². The molecule has 3 aromatic carbocycles. The fourth-order valence-corrected chi connectivity index (χ4v) is 3.04. The first kappa shape index (κ1) is 17.7. The van der Waals surface area contributed by atoms with E-state index in [1.54, 1.807) is 13.2 Å². The van der Waals surface area contributed by atoms with E-state index in [2.05, 4.69) is 21.6 Å². The van der Waals surface area contributed by atoms with E-state index < -0.39 is 0 Å². The second-order valence-corrected chi connectivity index (χ2v) is 6.44. The summed E-state index contributed by atoms with van der Waals surface area (Å²) in [6.07, 6.45) is 0.284. The molecule has 0 fully saturated rings. The zero-order chi connectivity index (χ0) is 19.3. The Kier molecular flexibility index (Phi) is 4.97. The van der Waals surface area contributed by atoms with Gasteiger partial charge in [0.15, 0.2) is 5.82 Å². The summed E-state index contributed by atoms with van der Waals surface area (Å²) in [5.41, 5.74) is 2.62. The van der Waals surface area contributed by atoms with E-state index in [1.807, 2.05) is 66.7 Å². The Morgan fingerprint density at radius 2 is 1.68 bits per heavy atom. The molecule has 138 valence electrons. The predicted molar refractivity (Wildman–Crippen MR) is 110 cm³/mol. The third-order valence-corrected chi connectivity index (χ3v) is 4.50. The molecular formula is C23H19N3O2. The first-order chi connectivity index (χ1) is 13.7. The Bertz CT molecular complexity index is 1110. The number of nitrogens with one attached hydrogen (secondary N) is 1. The summed E-state index contributed by atoms with van der Waals surface area (Å²) >= 11 is 0. The van der Waals surface area contributed by atoms with Crippen molar-refractivity contribution in [2.45, 2.75) is 6.42 Å². The van der Waals surface area contributed by atoms with Gasteiger partial charge in [0.1, 0.15) is 5.75 Å². The molecule has 0 atom stereocenters. The van der Waals surface area contributed by atoms with E-state index in [0.717, 1.165) is 33.3 Å². The van der Waals surface area contributed by atoms with Crippen LogP contribution in [0.4, 0.5) is 5.82 Å². The van der Waals surface area contributed by atoms with Crippen molar-refractivity contribution in [1.29, 1.82) is 0 Å². The SMILES string of the molecule is COc1ccc(-c2ccc(NC(=O)Cc3ccc4ccccc4c3)nn2)cc1. The van der Waals surface area contributed by atoms with Gasteiger partial charge in [0.05, 0.1) is 19.2 Å². The van der Waals surface area contributed by atoms with Gasteiger partial charge in [0, 0.05) is 5.56 Å². The number of anilines is 1. The summed E-state index contributed by atoms with van der Waals surface area (Å²) in [6, 6.07) is 25.3. The average molecular weight is 369 g/mol. The van der Waals surface area contributed by atoms with Gasteiger partial charge in [-0.05, 0) is 52.7 Å².